The van der Waals surface area contributed by atoms with E-state index in [9.17, 15) is 13.2 Å². The summed E-state index contributed by atoms with van der Waals surface area (Å²) < 4.78 is 23.6. The van der Waals surface area contributed by atoms with Crippen LogP contribution in [-0.2, 0) is 10.0 Å². The van der Waals surface area contributed by atoms with E-state index in [4.69, 9.17) is 10.9 Å². The van der Waals surface area contributed by atoms with E-state index in [1.807, 2.05) is 48.5 Å². The Morgan fingerprint density at radius 2 is 1.62 bits per heavy atom. The van der Waals surface area contributed by atoms with Gasteiger partial charge in [0.2, 0.25) is 10.0 Å². The minimum Gasteiger partial charge on any atom is -0.395 e. The largest absolute Gasteiger partial charge is 0.395 e. The standard InChI is InChI=1S/C24H23N5O4S/c25-29-34(32,33)15-23(31)20-14-22(28-21-2-1-11-27-24(20)21)18-5-3-16(4-6-18)17-7-9-19(10-8-17)26-12-13-30/h1-11,14,26,29-30H,12-13,15,25H2. The molecule has 2 aromatic carbocycles. The number of aromatic nitrogens is 2. The Bertz CT molecular complexity index is 1420. The van der Waals surface area contributed by atoms with Crippen molar-refractivity contribution in [2.75, 3.05) is 24.2 Å². The third-order valence-electron chi connectivity index (χ3n) is 5.20. The molecular weight excluding hydrogens is 454 g/mol. The van der Waals surface area contributed by atoms with Crippen molar-refractivity contribution in [3.8, 4) is 22.4 Å². The van der Waals surface area contributed by atoms with Gasteiger partial charge >= 0.3 is 0 Å². The van der Waals surface area contributed by atoms with Crippen LogP contribution in [0.5, 0.6) is 0 Å². The predicted molar refractivity (Wildman–Crippen MR) is 131 cm³/mol. The molecule has 0 atom stereocenters. The first kappa shape index (κ1) is 23.5. The quantitative estimate of drug-likeness (QED) is 0.163. The zero-order valence-electron chi connectivity index (χ0n) is 18.1. The van der Waals surface area contributed by atoms with Gasteiger partial charge in [0.05, 0.1) is 23.3 Å². The molecule has 4 aromatic rings. The van der Waals surface area contributed by atoms with Crippen molar-refractivity contribution < 1.29 is 18.3 Å². The molecule has 5 N–H and O–H groups in total. The van der Waals surface area contributed by atoms with E-state index in [1.165, 1.54) is 6.20 Å². The SMILES string of the molecule is NNS(=O)(=O)CC(=O)c1cc(-c2ccc(-c3ccc(NCCO)cc3)cc2)nc2cccnc12. The molecule has 0 aliphatic rings. The zero-order valence-corrected chi connectivity index (χ0v) is 18.9. The second-order valence-electron chi connectivity index (χ2n) is 7.53. The highest BCUT2D eigenvalue weighted by molar-refractivity contribution is 7.90. The number of hydrogen-bond acceptors (Lipinski definition) is 8. The molecule has 0 radical (unpaired) electrons. The van der Waals surface area contributed by atoms with Crippen molar-refractivity contribution in [3.63, 3.8) is 0 Å². The lowest BCUT2D eigenvalue weighted by Gasteiger charge is -2.10. The summed E-state index contributed by atoms with van der Waals surface area (Å²) in [5.74, 6) is 3.61. The third kappa shape index (κ3) is 5.26. The smallest absolute Gasteiger partial charge is 0.231 e. The fraction of sp³-hybridized carbons (Fsp3) is 0.125. The fourth-order valence-electron chi connectivity index (χ4n) is 3.53. The summed E-state index contributed by atoms with van der Waals surface area (Å²) in [6.07, 6.45) is 1.52. The summed E-state index contributed by atoms with van der Waals surface area (Å²) in [5.41, 5.74) is 5.21. The fourth-order valence-corrected chi connectivity index (χ4v) is 4.11. The van der Waals surface area contributed by atoms with Gasteiger partial charge in [-0.15, -0.1) is 0 Å². The topological polar surface area (TPSA) is 147 Å². The lowest BCUT2D eigenvalue weighted by Crippen LogP contribution is -2.35. The first-order chi connectivity index (χ1) is 16.4. The van der Waals surface area contributed by atoms with Gasteiger partial charge < -0.3 is 10.4 Å². The van der Waals surface area contributed by atoms with Gasteiger partial charge in [-0.1, -0.05) is 36.4 Å². The number of sulfonamides is 1. The van der Waals surface area contributed by atoms with Crippen LogP contribution in [0.2, 0.25) is 0 Å². The number of hydrazine groups is 1. The molecule has 9 nitrogen and oxygen atoms in total. The number of aliphatic hydroxyl groups is 1. The number of aliphatic hydroxyl groups excluding tert-OH is 1. The van der Waals surface area contributed by atoms with Crippen molar-refractivity contribution in [2.24, 2.45) is 5.84 Å². The highest BCUT2D eigenvalue weighted by Crippen LogP contribution is 2.28. The van der Waals surface area contributed by atoms with Gasteiger partial charge in [0.15, 0.2) is 5.78 Å². The van der Waals surface area contributed by atoms with E-state index in [2.05, 4.69) is 15.3 Å². The highest BCUT2D eigenvalue weighted by atomic mass is 32.2. The van der Waals surface area contributed by atoms with Crippen LogP contribution in [0.1, 0.15) is 10.4 Å². The number of anilines is 1. The van der Waals surface area contributed by atoms with Gasteiger partial charge in [-0.05, 0) is 41.5 Å². The summed E-state index contributed by atoms with van der Waals surface area (Å²) in [5, 5.41) is 12.0. The van der Waals surface area contributed by atoms with Crippen LogP contribution in [0.4, 0.5) is 5.69 Å². The lowest BCUT2D eigenvalue weighted by molar-refractivity contribution is 0.102. The molecule has 2 aromatic heterocycles. The van der Waals surface area contributed by atoms with Crippen LogP contribution < -0.4 is 16.0 Å². The second kappa shape index (κ2) is 10.1. The Morgan fingerprint density at radius 3 is 2.26 bits per heavy atom. The van der Waals surface area contributed by atoms with Crippen LogP contribution >= 0.6 is 0 Å². The Labute approximate surface area is 196 Å². The van der Waals surface area contributed by atoms with Gasteiger partial charge in [-0.3, -0.25) is 15.6 Å². The minimum atomic E-state index is -3.94. The first-order valence-electron chi connectivity index (χ1n) is 10.4. The zero-order chi connectivity index (χ0) is 24.1. The van der Waals surface area contributed by atoms with Crippen LogP contribution in [-0.4, -0.2) is 48.2 Å². The molecule has 0 spiro atoms. The van der Waals surface area contributed by atoms with Gasteiger partial charge in [0.25, 0.3) is 0 Å². The van der Waals surface area contributed by atoms with Crippen molar-refractivity contribution in [3.05, 3.63) is 78.5 Å². The van der Waals surface area contributed by atoms with Crippen LogP contribution in [0, 0.1) is 0 Å². The van der Waals surface area contributed by atoms with Gasteiger partial charge in [-0.2, -0.15) is 4.83 Å². The van der Waals surface area contributed by atoms with E-state index in [0.29, 0.717) is 23.3 Å². The van der Waals surface area contributed by atoms with E-state index >= 15 is 0 Å². The molecular formula is C24H23N5O4S. The van der Waals surface area contributed by atoms with E-state index in [1.54, 1.807) is 23.0 Å². The third-order valence-corrected chi connectivity index (χ3v) is 6.21. The molecule has 174 valence electrons. The van der Waals surface area contributed by atoms with Crippen LogP contribution in [0.3, 0.4) is 0 Å². The summed E-state index contributed by atoms with van der Waals surface area (Å²) in [4.78, 5) is 23.3. The number of Topliss-reactive ketones (excluding diaryl/α,β-unsaturated/α-hetero) is 1. The number of fused-ring (bicyclic) bond motifs is 1. The van der Waals surface area contributed by atoms with Crippen molar-refractivity contribution in [1.29, 1.82) is 0 Å². The molecule has 0 saturated carbocycles. The van der Waals surface area contributed by atoms with Crippen molar-refractivity contribution in [2.45, 2.75) is 0 Å². The Morgan fingerprint density at radius 1 is 0.971 bits per heavy atom. The second-order valence-corrected chi connectivity index (χ2v) is 9.29. The number of nitrogens with two attached hydrogens (primary N) is 1. The molecule has 0 unspecified atom stereocenters. The van der Waals surface area contributed by atoms with Crippen LogP contribution in [0.15, 0.2) is 72.9 Å². The number of hydrogen-bond donors (Lipinski definition) is 4. The number of rotatable bonds is 9. The number of ketones is 1. The van der Waals surface area contributed by atoms with E-state index in [-0.39, 0.29) is 12.2 Å². The summed E-state index contributed by atoms with van der Waals surface area (Å²) in [6, 6.07) is 20.5. The average molecular weight is 478 g/mol. The van der Waals surface area contributed by atoms with Gasteiger partial charge in [-0.25, -0.2) is 13.4 Å². The number of benzene rings is 2. The maximum atomic E-state index is 12.8. The first-order valence-corrected chi connectivity index (χ1v) is 12.1. The average Bonchev–Trinajstić information content (AvgIpc) is 2.87. The molecule has 0 fully saturated rings. The highest BCUT2D eigenvalue weighted by Gasteiger charge is 2.21. The van der Waals surface area contributed by atoms with Crippen LogP contribution in [0.25, 0.3) is 33.4 Å². The Balaban J connectivity index is 1.66. The number of carbonyl (C=O) groups is 1. The number of pyridine rings is 2. The lowest BCUT2D eigenvalue weighted by atomic mass is 10.0. The van der Waals surface area contributed by atoms with E-state index in [0.717, 1.165) is 22.4 Å². The molecule has 34 heavy (non-hydrogen) atoms. The number of carbonyl (C=O) groups excluding carboxylic acids is 1. The molecule has 10 heteroatoms. The normalized spacial score (nSPS) is 11.5. The van der Waals surface area contributed by atoms with Gasteiger partial charge in [0.1, 0.15) is 5.75 Å². The molecule has 0 aliphatic heterocycles. The molecule has 0 saturated heterocycles. The summed E-state index contributed by atoms with van der Waals surface area (Å²) in [6.45, 7) is 0.552. The molecule has 0 amide bonds. The molecule has 0 aliphatic carbocycles. The van der Waals surface area contributed by atoms with Crippen molar-refractivity contribution in [1.82, 2.24) is 14.8 Å². The predicted octanol–water partition coefficient (Wildman–Crippen LogP) is 2.34. The Hall–Kier alpha value is -3.70. The van der Waals surface area contributed by atoms with E-state index < -0.39 is 21.6 Å². The van der Waals surface area contributed by atoms with Crippen molar-refractivity contribution >= 4 is 32.5 Å². The summed E-state index contributed by atoms with van der Waals surface area (Å²) >= 11 is 0. The molecule has 0 bridgehead atoms. The summed E-state index contributed by atoms with van der Waals surface area (Å²) in [7, 11) is -3.94. The van der Waals surface area contributed by atoms with Gasteiger partial charge in [0, 0.05) is 29.6 Å². The maximum absolute atomic E-state index is 12.8. The Kier molecular flexibility index (Phi) is 6.94. The minimum absolute atomic E-state index is 0.0646. The monoisotopic (exact) mass is 477 g/mol. The molecule has 4 rings (SSSR count). The maximum Gasteiger partial charge on any atom is 0.231 e. The number of nitrogens with zero attached hydrogens (tertiary/aromatic N) is 2. The number of nitrogens with one attached hydrogen (secondary N) is 2. The molecule has 2 heterocycles.